The molecule has 1 aliphatic heterocycles. The van der Waals surface area contributed by atoms with Crippen LogP contribution in [0.25, 0.3) is 0 Å². The quantitative estimate of drug-likeness (QED) is 0.500. The zero-order valence-electron chi connectivity index (χ0n) is 16.7. The second-order valence-corrected chi connectivity index (χ2v) is 8.78. The van der Waals surface area contributed by atoms with E-state index in [1.807, 2.05) is 45.0 Å². The predicted molar refractivity (Wildman–Crippen MR) is 107 cm³/mol. The first-order valence-corrected chi connectivity index (χ1v) is 10.1. The van der Waals surface area contributed by atoms with E-state index in [4.69, 9.17) is 11.6 Å². The molecule has 0 bridgehead atoms. The van der Waals surface area contributed by atoms with Gasteiger partial charge in [-0.05, 0) is 32.4 Å². The number of nitrogens with one attached hydrogen (secondary N) is 4. The maximum absolute atomic E-state index is 12.3. The lowest BCUT2D eigenvalue weighted by atomic mass is 10.1. The van der Waals surface area contributed by atoms with Crippen LogP contribution >= 0.6 is 11.6 Å². The maximum Gasteiger partial charge on any atom is 0.275 e. The lowest BCUT2D eigenvalue weighted by Gasteiger charge is -2.22. The Morgan fingerprint density at radius 2 is 1.59 bits per heavy atom. The van der Waals surface area contributed by atoms with E-state index in [1.165, 1.54) is 9.80 Å². The summed E-state index contributed by atoms with van der Waals surface area (Å²) in [5.41, 5.74) is 0.734. The number of carbonyl (C=O) groups excluding carboxylic acids is 2. The van der Waals surface area contributed by atoms with E-state index in [9.17, 15) is 9.59 Å². The van der Waals surface area contributed by atoms with Crippen molar-refractivity contribution < 1.29 is 19.4 Å². The Hall–Kier alpha value is -1.63. The first-order valence-electron chi connectivity index (χ1n) is 9.71. The second kappa shape index (κ2) is 10.1. The normalized spacial score (nSPS) is 20.6. The van der Waals surface area contributed by atoms with Crippen LogP contribution in [-0.4, -0.2) is 56.6 Å². The van der Waals surface area contributed by atoms with Gasteiger partial charge in [0.15, 0.2) is 13.1 Å². The Balaban J connectivity index is 1.73. The lowest BCUT2D eigenvalue weighted by molar-refractivity contribution is -0.930. The molecule has 6 nitrogen and oxygen atoms in total. The summed E-state index contributed by atoms with van der Waals surface area (Å²) in [6.07, 6.45) is 1.02. The Morgan fingerprint density at radius 1 is 1.00 bits per heavy atom. The van der Waals surface area contributed by atoms with E-state index in [-0.39, 0.29) is 17.4 Å². The Bertz CT molecular complexity index is 645. The molecule has 1 heterocycles. The van der Waals surface area contributed by atoms with Gasteiger partial charge in [0, 0.05) is 23.5 Å². The molecule has 27 heavy (non-hydrogen) atoms. The molecule has 0 aromatic heterocycles. The van der Waals surface area contributed by atoms with Gasteiger partial charge >= 0.3 is 0 Å². The van der Waals surface area contributed by atoms with Crippen LogP contribution in [0, 0.1) is 0 Å². The van der Waals surface area contributed by atoms with Gasteiger partial charge in [-0.2, -0.15) is 0 Å². The fourth-order valence-electron chi connectivity index (χ4n) is 3.36. The zero-order chi connectivity index (χ0) is 19.9. The molecule has 1 aliphatic rings. The molecule has 0 aliphatic carbocycles. The SMILES string of the molecule is CC(C)(C)NC(=O)C[NH+]1CCC[NH+](CC(=O)NCc2ccccc2Cl)CC1. The number of quaternary nitrogens is 2. The largest absolute Gasteiger partial charge is 0.347 e. The number of halogens is 1. The maximum atomic E-state index is 12.3. The fraction of sp³-hybridized carbons (Fsp3) is 0.600. The van der Waals surface area contributed by atoms with E-state index in [2.05, 4.69) is 10.6 Å². The van der Waals surface area contributed by atoms with Crippen molar-refractivity contribution in [3.05, 3.63) is 34.9 Å². The monoisotopic (exact) mass is 396 g/mol. The number of carbonyl (C=O) groups is 2. The van der Waals surface area contributed by atoms with Gasteiger partial charge in [0.25, 0.3) is 11.8 Å². The molecule has 1 fully saturated rings. The predicted octanol–water partition coefficient (Wildman–Crippen LogP) is -0.956. The number of hydrogen-bond donors (Lipinski definition) is 4. The van der Waals surface area contributed by atoms with E-state index >= 15 is 0 Å². The number of amides is 2. The Morgan fingerprint density at radius 3 is 2.19 bits per heavy atom. The average molecular weight is 397 g/mol. The molecule has 1 aromatic rings. The van der Waals surface area contributed by atoms with E-state index in [0.717, 1.165) is 38.2 Å². The third kappa shape index (κ3) is 8.28. The van der Waals surface area contributed by atoms with Crippen LogP contribution in [0.4, 0.5) is 0 Å². The molecule has 150 valence electrons. The Labute approximate surface area is 167 Å². The fourth-order valence-corrected chi connectivity index (χ4v) is 3.56. The molecule has 7 heteroatoms. The topological polar surface area (TPSA) is 67.1 Å². The van der Waals surface area contributed by atoms with Crippen LogP contribution < -0.4 is 20.4 Å². The van der Waals surface area contributed by atoms with Crippen molar-refractivity contribution in [1.29, 1.82) is 0 Å². The van der Waals surface area contributed by atoms with Gasteiger partial charge in [-0.1, -0.05) is 29.8 Å². The summed E-state index contributed by atoms with van der Waals surface area (Å²) in [4.78, 5) is 27.0. The van der Waals surface area contributed by atoms with Crippen LogP contribution in [0.1, 0.15) is 32.8 Å². The Kier molecular flexibility index (Phi) is 8.07. The minimum atomic E-state index is -0.195. The molecule has 0 radical (unpaired) electrons. The van der Waals surface area contributed by atoms with Crippen molar-refractivity contribution in [3.8, 4) is 0 Å². The summed E-state index contributed by atoms with van der Waals surface area (Å²) >= 11 is 6.13. The number of hydrogen-bond acceptors (Lipinski definition) is 2. The smallest absolute Gasteiger partial charge is 0.275 e. The summed E-state index contributed by atoms with van der Waals surface area (Å²) in [5, 5.41) is 6.66. The lowest BCUT2D eigenvalue weighted by Crippen LogP contribution is -3.18. The summed E-state index contributed by atoms with van der Waals surface area (Å²) in [6, 6.07) is 7.55. The molecule has 2 amide bonds. The first-order chi connectivity index (χ1) is 12.7. The van der Waals surface area contributed by atoms with E-state index in [1.54, 1.807) is 0 Å². The van der Waals surface area contributed by atoms with Crippen LogP contribution in [0.2, 0.25) is 5.02 Å². The van der Waals surface area contributed by atoms with Gasteiger partial charge in [-0.15, -0.1) is 0 Å². The molecule has 0 spiro atoms. The van der Waals surface area contributed by atoms with Crippen molar-refractivity contribution in [2.45, 2.75) is 39.3 Å². The van der Waals surface area contributed by atoms with Crippen molar-refractivity contribution >= 4 is 23.4 Å². The molecular weight excluding hydrogens is 364 g/mol. The highest BCUT2D eigenvalue weighted by molar-refractivity contribution is 6.31. The molecule has 0 saturated carbocycles. The molecular formula is C20H33ClN4O2+2. The van der Waals surface area contributed by atoms with Crippen molar-refractivity contribution in [3.63, 3.8) is 0 Å². The van der Waals surface area contributed by atoms with Gasteiger partial charge in [-0.3, -0.25) is 9.59 Å². The third-order valence-corrected chi connectivity index (χ3v) is 5.03. The van der Waals surface area contributed by atoms with Crippen molar-refractivity contribution in [2.75, 3.05) is 39.3 Å². The second-order valence-electron chi connectivity index (χ2n) is 8.37. The minimum Gasteiger partial charge on any atom is -0.347 e. The molecule has 2 rings (SSSR count). The van der Waals surface area contributed by atoms with Crippen LogP contribution in [-0.2, 0) is 16.1 Å². The molecule has 4 N–H and O–H groups in total. The molecule has 1 saturated heterocycles. The van der Waals surface area contributed by atoms with Crippen LogP contribution in [0.15, 0.2) is 24.3 Å². The highest BCUT2D eigenvalue weighted by Crippen LogP contribution is 2.13. The van der Waals surface area contributed by atoms with E-state index in [0.29, 0.717) is 24.7 Å². The summed E-state index contributed by atoms with van der Waals surface area (Å²) < 4.78 is 0. The minimum absolute atomic E-state index is 0.0406. The van der Waals surface area contributed by atoms with E-state index < -0.39 is 0 Å². The summed E-state index contributed by atoms with van der Waals surface area (Å²) in [7, 11) is 0. The standard InChI is InChI=1S/C20H31ClN4O2/c1-20(2,3)23-19(27)15-25-10-6-9-24(11-12-25)14-18(26)22-13-16-7-4-5-8-17(16)21/h4-5,7-8H,6,9-15H2,1-3H3,(H,22,26)(H,23,27)/p+2. The van der Waals surface area contributed by atoms with Crippen molar-refractivity contribution in [2.24, 2.45) is 0 Å². The molecule has 1 aromatic carbocycles. The van der Waals surface area contributed by atoms with Gasteiger partial charge in [0.1, 0.15) is 13.1 Å². The highest BCUT2D eigenvalue weighted by atomic mass is 35.5. The van der Waals surface area contributed by atoms with Crippen LogP contribution in [0.5, 0.6) is 0 Å². The molecule has 2 unspecified atom stereocenters. The third-order valence-electron chi connectivity index (χ3n) is 4.66. The first kappa shape index (κ1) is 21.7. The number of benzene rings is 1. The highest BCUT2D eigenvalue weighted by Gasteiger charge is 2.25. The van der Waals surface area contributed by atoms with Crippen molar-refractivity contribution in [1.82, 2.24) is 10.6 Å². The van der Waals surface area contributed by atoms with Gasteiger partial charge in [-0.25, -0.2) is 0 Å². The number of rotatable bonds is 6. The summed E-state index contributed by atoms with van der Waals surface area (Å²) in [5.74, 6) is 0.136. The average Bonchev–Trinajstić information content (AvgIpc) is 2.77. The zero-order valence-corrected chi connectivity index (χ0v) is 17.4. The molecule has 2 atom stereocenters. The van der Waals surface area contributed by atoms with Gasteiger partial charge in [0.05, 0.1) is 13.1 Å². The van der Waals surface area contributed by atoms with Crippen LogP contribution in [0.3, 0.4) is 0 Å². The van der Waals surface area contributed by atoms with Gasteiger partial charge < -0.3 is 20.4 Å². The van der Waals surface area contributed by atoms with Gasteiger partial charge in [0.2, 0.25) is 0 Å². The summed E-state index contributed by atoms with van der Waals surface area (Å²) in [6.45, 7) is 11.2.